The van der Waals surface area contributed by atoms with Crippen molar-refractivity contribution in [3.05, 3.63) is 84.4 Å². The van der Waals surface area contributed by atoms with Gasteiger partial charge in [0.1, 0.15) is 24.0 Å². The highest BCUT2D eigenvalue weighted by molar-refractivity contribution is 5.47. The van der Waals surface area contributed by atoms with Crippen molar-refractivity contribution < 1.29 is 14.3 Å². The first-order valence-electron chi connectivity index (χ1n) is 11.9. The van der Waals surface area contributed by atoms with Crippen molar-refractivity contribution >= 4 is 0 Å². The second kappa shape index (κ2) is 13.6. The second-order valence-corrected chi connectivity index (χ2v) is 8.43. The monoisotopic (exact) mass is 435 g/mol. The molecule has 0 saturated carbocycles. The van der Waals surface area contributed by atoms with Crippen molar-refractivity contribution in [3.8, 4) is 11.5 Å². The number of nitrogens with zero attached hydrogens (tertiary/aromatic N) is 1. The quantitative estimate of drug-likeness (QED) is 0.250. The minimum atomic E-state index is 0.296. The van der Waals surface area contributed by atoms with Crippen LogP contribution in [0.25, 0.3) is 0 Å². The first-order chi connectivity index (χ1) is 15.8. The average molecular weight is 436 g/mol. The lowest BCUT2D eigenvalue weighted by atomic mass is 9.98. The van der Waals surface area contributed by atoms with E-state index in [0.29, 0.717) is 12.5 Å². The molecule has 1 aromatic heterocycles. The van der Waals surface area contributed by atoms with Gasteiger partial charge in [-0.05, 0) is 62.3 Å². The molecule has 0 saturated heterocycles. The molecule has 1 aliphatic rings. The van der Waals surface area contributed by atoms with Crippen molar-refractivity contribution in [2.45, 2.75) is 70.9 Å². The number of unbranched alkanes of at least 4 members (excludes halogenated alkanes) is 5. The minimum Gasteiger partial charge on any atom is -0.508 e. The van der Waals surface area contributed by atoms with Gasteiger partial charge in [0.15, 0.2) is 0 Å². The van der Waals surface area contributed by atoms with Gasteiger partial charge in [-0.2, -0.15) is 0 Å². The van der Waals surface area contributed by atoms with Crippen LogP contribution in [0.5, 0.6) is 11.5 Å². The predicted octanol–water partition coefficient (Wildman–Crippen LogP) is 7.30. The summed E-state index contributed by atoms with van der Waals surface area (Å²) in [5.74, 6) is 2.06. The van der Waals surface area contributed by atoms with Gasteiger partial charge in [-0.15, -0.1) is 6.58 Å². The number of phenolic OH excluding ortho intramolecular Hbond substituents is 1. The molecule has 1 aliphatic heterocycles. The van der Waals surface area contributed by atoms with Crippen molar-refractivity contribution in [2.24, 2.45) is 0 Å². The molecule has 0 unspecified atom stereocenters. The molecule has 0 bridgehead atoms. The normalized spacial score (nSPS) is 14.1. The van der Waals surface area contributed by atoms with Gasteiger partial charge in [-0.25, -0.2) is 0 Å². The van der Waals surface area contributed by atoms with Crippen LogP contribution in [0, 0.1) is 0 Å². The number of hydrogen-bond donors (Lipinski definition) is 1. The predicted molar refractivity (Wildman–Crippen MR) is 131 cm³/mol. The SMILES string of the molecule is C=CC/C=C\C/C=C\CCCCCCCc1cc(O)cc2c1CN(Cc1ccco1)CO2. The largest absolute Gasteiger partial charge is 0.508 e. The molecule has 172 valence electrons. The fraction of sp³-hybridized carbons (Fsp3) is 0.429. The molecule has 0 amide bonds. The number of rotatable bonds is 14. The molecular weight excluding hydrogens is 398 g/mol. The number of phenols is 1. The van der Waals surface area contributed by atoms with Gasteiger partial charge in [0.05, 0.1) is 12.8 Å². The fourth-order valence-electron chi connectivity index (χ4n) is 4.06. The van der Waals surface area contributed by atoms with E-state index in [-0.39, 0.29) is 0 Å². The molecule has 0 radical (unpaired) electrons. The van der Waals surface area contributed by atoms with Crippen LogP contribution in [0.4, 0.5) is 0 Å². The lowest BCUT2D eigenvalue weighted by Crippen LogP contribution is -2.32. The lowest BCUT2D eigenvalue weighted by Gasteiger charge is -2.30. The summed E-state index contributed by atoms with van der Waals surface area (Å²) in [7, 11) is 0. The number of aryl methyl sites for hydroxylation is 1. The molecule has 2 aromatic rings. The highest BCUT2D eigenvalue weighted by atomic mass is 16.5. The summed E-state index contributed by atoms with van der Waals surface area (Å²) in [6.45, 7) is 5.77. The minimum absolute atomic E-state index is 0.296. The van der Waals surface area contributed by atoms with Gasteiger partial charge in [0.25, 0.3) is 0 Å². The molecule has 4 nitrogen and oxygen atoms in total. The number of ether oxygens (including phenoxy) is 1. The Balaban J connectivity index is 1.36. The van der Waals surface area contributed by atoms with E-state index in [9.17, 15) is 5.11 Å². The van der Waals surface area contributed by atoms with Gasteiger partial charge in [0.2, 0.25) is 0 Å². The molecule has 1 N–H and O–H groups in total. The second-order valence-electron chi connectivity index (χ2n) is 8.43. The van der Waals surface area contributed by atoms with Gasteiger partial charge in [-0.3, -0.25) is 4.90 Å². The Morgan fingerprint density at radius 3 is 2.66 bits per heavy atom. The van der Waals surface area contributed by atoms with Crippen LogP contribution in [0.3, 0.4) is 0 Å². The molecular formula is C28H37NO3. The molecule has 3 rings (SSSR count). The van der Waals surface area contributed by atoms with E-state index in [1.165, 1.54) is 36.8 Å². The van der Waals surface area contributed by atoms with E-state index in [2.05, 4.69) is 35.8 Å². The molecule has 0 spiro atoms. The maximum Gasteiger partial charge on any atom is 0.142 e. The van der Waals surface area contributed by atoms with Gasteiger partial charge in [-0.1, -0.05) is 49.6 Å². The smallest absolute Gasteiger partial charge is 0.142 e. The van der Waals surface area contributed by atoms with Gasteiger partial charge in [0, 0.05) is 18.2 Å². The maximum atomic E-state index is 10.1. The van der Waals surface area contributed by atoms with Crippen LogP contribution in [-0.2, 0) is 19.5 Å². The molecule has 0 atom stereocenters. The number of aromatic hydroxyl groups is 1. The third-order valence-corrected chi connectivity index (χ3v) is 5.76. The Morgan fingerprint density at radius 2 is 1.81 bits per heavy atom. The molecule has 0 fully saturated rings. The Hall–Kier alpha value is -2.72. The van der Waals surface area contributed by atoms with E-state index < -0.39 is 0 Å². The third kappa shape index (κ3) is 8.08. The summed E-state index contributed by atoms with van der Waals surface area (Å²) >= 11 is 0. The van der Waals surface area contributed by atoms with Gasteiger partial charge >= 0.3 is 0 Å². The first-order valence-corrected chi connectivity index (χ1v) is 11.9. The zero-order chi connectivity index (χ0) is 22.4. The Kier molecular flexibility index (Phi) is 10.2. The first kappa shape index (κ1) is 23.9. The summed E-state index contributed by atoms with van der Waals surface area (Å²) in [6, 6.07) is 7.56. The van der Waals surface area contributed by atoms with Crippen molar-refractivity contribution in [3.63, 3.8) is 0 Å². The Labute approximate surface area is 192 Å². The summed E-state index contributed by atoms with van der Waals surface area (Å²) in [4.78, 5) is 2.23. The zero-order valence-corrected chi connectivity index (χ0v) is 19.2. The van der Waals surface area contributed by atoms with E-state index in [1.54, 1.807) is 12.3 Å². The van der Waals surface area contributed by atoms with Crippen molar-refractivity contribution in [1.82, 2.24) is 4.90 Å². The summed E-state index contributed by atoms with van der Waals surface area (Å²) in [5.41, 5.74) is 2.41. The van der Waals surface area contributed by atoms with Crippen molar-refractivity contribution in [2.75, 3.05) is 6.73 Å². The van der Waals surface area contributed by atoms with Crippen LogP contribution in [0.2, 0.25) is 0 Å². The molecule has 0 aliphatic carbocycles. The highest BCUT2D eigenvalue weighted by Gasteiger charge is 2.22. The van der Waals surface area contributed by atoms with Crippen LogP contribution < -0.4 is 4.74 Å². The summed E-state index contributed by atoms with van der Waals surface area (Å²) in [6.07, 6.45) is 22.8. The number of hydrogen-bond acceptors (Lipinski definition) is 4. The van der Waals surface area contributed by atoms with E-state index in [1.807, 2.05) is 24.3 Å². The molecule has 32 heavy (non-hydrogen) atoms. The van der Waals surface area contributed by atoms with E-state index in [4.69, 9.17) is 9.15 Å². The third-order valence-electron chi connectivity index (χ3n) is 5.76. The topological polar surface area (TPSA) is 45.8 Å². The summed E-state index contributed by atoms with van der Waals surface area (Å²) in [5, 5.41) is 10.1. The zero-order valence-electron chi connectivity index (χ0n) is 19.2. The number of fused-ring (bicyclic) bond motifs is 1. The number of allylic oxidation sites excluding steroid dienone is 5. The Bertz CT molecular complexity index is 867. The van der Waals surface area contributed by atoms with Crippen LogP contribution in [0.1, 0.15) is 68.3 Å². The summed E-state index contributed by atoms with van der Waals surface area (Å²) < 4.78 is 11.4. The van der Waals surface area contributed by atoms with Crippen LogP contribution in [0.15, 0.2) is 71.9 Å². The van der Waals surface area contributed by atoms with E-state index >= 15 is 0 Å². The Morgan fingerprint density at radius 1 is 1.00 bits per heavy atom. The average Bonchev–Trinajstić information content (AvgIpc) is 3.30. The highest BCUT2D eigenvalue weighted by Crippen LogP contribution is 2.34. The van der Waals surface area contributed by atoms with Crippen molar-refractivity contribution in [1.29, 1.82) is 0 Å². The van der Waals surface area contributed by atoms with Gasteiger partial charge < -0.3 is 14.3 Å². The molecule has 2 heterocycles. The molecule has 1 aromatic carbocycles. The number of furan rings is 1. The van der Waals surface area contributed by atoms with E-state index in [0.717, 1.165) is 56.7 Å². The van der Waals surface area contributed by atoms with Crippen LogP contribution in [-0.4, -0.2) is 16.7 Å². The lowest BCUT2D eigenvalue weighted by molar-refractivity contribution is 0.0815. The molecule has 4 heteroatoms. The number of benzene rings is 1. The maximum absolute atomic E-state index is 10.1. The van der Waals surface area contributed by atoms with Crippen LogP contribution >= 0.6 is 0 Å². The fourth-order valence-corrected chi connectivity index (χ4v) is 4.06. The standard InChI is InChI=1S/C28H37NO3/c1-2-3-4-5-6-7-8-9-10-11-12-13-14-16-24-19-25(30)20-28-27(24)22-29(23-32-28)21-26-17-15-18-31-26/h2,4-5,7-8,15,17-20,30H,1,3,6,9-14,16,21-23H2/b5-4-,8-7-.